The summed E-state index contributed by atoms with van der Waals surface area (Å²) in [5.41, 5.74) is 4.36. The average Bonchev–Trinajstić information content (AvgIpc) is 2.71. The highest BCUT2D eigenvalue weighted by Gasteiger charge is 2.31. The highest BCUT2D eigenvalue weighted by Crippen LogP contribution is 2.53. The number of methoxy groups -OCH3 is 5. The molecular formula is C23H30O5. The van der Waals surface area contributed by atoms with Crippen LogP contribution in [0.3, 0.4) is 0 Å². The van der Waals surface area contributed by atoms with E-state index in [1.807, 2.05) is 6.07 Å². The fourth-order valence-electron chi connectivity index (χ4n) is 4.15. The van der Waals surface area contributed by atoms with E-state index in [1.165, 1.54) is 5.56 Å². The molecule has 0 N–H and O–H groups in total. The first kappa shape index (κ1) is 20.2. The molecule has 0 bridgehead atoms. The van der Waals surface area contributed by atoms with Crippen molar-refractivity contribution in [3.63, 3.8) is 0 Å². The molecule has 0 saturated carbocycles. The van der Waals surface area contributed by atoms with E-state index >= 15 is 0 Å². The molecule has 2 aromatic rings. The Labute approximate surface area is 167 Å². The topological polar surface area (TPSA) is 46.2 Å². The second-order valence-corrected chi connectivity index (χ2v) is 7.38. The minimum Gasteiger partial charge on any atom is -0.493 e. The zero-order valence-corrected chi connectivity index (χ0v) is 17.8. The zero-order valence-electron chi connectivity index (χ0n) is 17.8. The molecule has 0 heterocycles. The smallest absolute Gasteiger partial charge is 0.203 e. The zero-order chi connectivity index (χ0) is 20.4. The van der Waals surface area contributed by atoms with E-state index in [4.69, 9.17) is 23.7 Å². The first-order valence-corrected chi connectivity index (χ1v) is 9.56. The molecule has 5 heteroatoms. The summed E-state index contributed by atoms with van der Waals surface area (Å²) in [6, 6.07) is 6.17. The lowest BCUT2D eigenvalue weighted by atomic mass is 9.77. The van der Waals surface area contributed by atoms with Crippen LogP contribution in [0.2, 0.25) is 0 Å². The standard InChI is InChI=1S/C23H30O5/c1-13-10-15-8-9-17(24-3)21(26-5)19(15)20-16(11-14(13)2)12-18(25-4)22(27-6)23(20)28-7/h8-9,12-14H,10-11H2,1-7H3. The Kier molecular flexibility index (Phi) is 5.92. The van der Waals surface area contributed by atoms with Crippen LogP contribution in [-0.2, 0) is 12.8 Å². The molecule has 1 aliphatic rings. The highest BCUT2D eigenvalue weighted by molar-refractivity contribution is 5.87. The molecule has 0 aliphatic heterocycles. The van der Waals surface area contributed by atoms with E-state index in [0.29, 0.717) is 40.6 Å². The number of rotatable bonds is 5. The third-order valence-electron chi connectivity index (χ3n) is 5.85. The van der Waals surface area contributed by atoms with Gasteiger partial charge in [0.25, 0.3) is 0 Å². The average molecular weight is 386 g/mol. The Bertz CT molecular complexity index is 859. The lowest BCUT2D eigenvalue weighted by Crippen LogP contribution is -2.18. The van der Waals surface area contributed by atoms with Gasteiger partial charge in [-0.2, -0.15) is 0 Å². The Balaban J connectivity index is 2.46. The van der Waals surface area contributed by atoms with E-state index in [2.05, 4.69) is 26.0 Å². The van der Waals surface area contributed by atoms with E-state index in [-0.39, 0.29) is 0 Å². The van der Waals surface area contributed by atoms with Gasteiger partial charge in [-0.25, -0.2) is 0 Å². The summed E-state index contributed by atoms with van der Waals surface area (Å²) in [4.78, 5) is 0. The highest BCUT2D eigenvalue weighted by atomic mass is 16.5. The molecule has 2 aromatic carbocycles. The molecule has 0 radical (unpaired) electrons. The van der Waals surface area contributed by atoms with Crippen molar-refractivity contribution in [3.05, 3.63) is 29.3 Å². The molecule has 152 valence electrons. The molecule has 0 amide bonds. The second-order valence-electron chi connectivity index (χ2n) is 7.38. The fraction of sp³-hybridized carbons (Fsp3) is 0.478. The molecule has 0 saturated heterocycles. The number of fused-ring (bicyclic) bond motifs is 3. The molecule has 28 heavy (non-hydrogen) atoms. The monoisotopic (exact) mass is 386 g/mol. The van der Waals surface area contributed by atoms with Gasteiger partial charge in [-0.15, -0.1) is 0 Å². The Hall–Kier alpha value is -2.56. The summed E-state index contributed by atoms with van der Waals surface area (Å²) >= 11 is 0. The normalized spacial score (nSPS) is 18.2. The Morgan fingerprint density at radius 1 is 0.607 bits per heavy atom. The van der Waals surface area contributed by atoms with E-state index in [1.54, 1.807) is 35.5 Å². The first-order chi connectivity index (χ1) is 13.5. The van der Waals surface area contributed by atoms with Crippen molar-refractivity contribution in [2.75, 3.05) is 35.5 Å². The van der Waals surface area contributed by atoms with Crippen molar-refractivity contribution < 1.29 is 23.7 Å². The molecule has 2 unspecified atom stereocenters. The van der Waals surface area contributed by atoms with E-state index in [9.17, 15) is 0 Å². The minimum absolute atomic E-state index is 0.503. The number of ether oxygens (including phenoxy) is 5. The van der Waals surface area contributed by atoms with Crippen LogP contribution in [0.15, 0.2) is 18.2 Å². The van der Waals surface area contributed by atoms with Gasteiger partial charge in [0, 0.05) is 11.1 Å². The summed E-state index contributed by atoms with van der Waals surface area (Å²) < 4.78 is 28.6. The van der Waals surface area contributed by atoms with Gasteiger partial charge in [0.05, 0.1) is 35.5 Å². The first-order valence-electron chi connectivity index (χ1n) is 9.56. The molecule has 2 atom stereocenters. The number of benzene rings is 2. The molecule has 0 spiro atoms. The molecular weight excluding hydrogens is 356 g/mol. The second kappa shape index (κ2) is 8.21. The van der Waals surface area contributed by atoms with Crippen LogP contribution in [-0.4, -0.2) is 35.5 Å². The summed E-state index contributed by atoms with van der Waals surface area (Å²) in [6.45, 7) is 4.59. The third kappa shape index (κ3) is 3.23. The van der Waals surface area contributed by atoms with Gasteiger partial charge in [-0.1, -0.05) is 19.9 Å². The van der Waals surface area contributed by atoms with Crippen molar-refractivity contribution in [2.45, 2.75) is 26.7 Å². The van der Waals surface area contributed by atoms with Gasteiger partial charge in [0.15, 0.2) is 23.0 Å². The quantitative estimate of drug-likeness (QED) is 0.741. The van der Waals surface area contributed by atoms with Crippen LogP contribution >= 0.6 is 0 Å². The van der Waals surface area contributed by atoms with Gasteiger partial charge in [-0.3, -0.25) is 0 Å². The summed E-state index contributed by atoms with van der Waals surface area (Å²) in [5.74, 6) is 4.35. The minimum atomic E-state index is 0.503. The van der Waals surface area contributed by atoms with Crippen molar-refractivity contribution in [3.8, 4) is 39.9 Å². The van der Waals surface area contributed by atoms with Crippen LogP contribution in [0.5, 0.6) is 28.7 Å². The maximum atomic E-state index is 5.86. The van der Waals surface area contributed by atoms with Crippen molar-refractivity contribution >= 4 is 0 Å². The molecule has 0 aromatic heterocycles. The third-order valence-corrected chi connectivity index (χ3v) is 5.85. The van der Waals surface area contributed by atoms with Crippen LogP contribution < -0.4 is 23.7 Å². The predicted octanol–water partition coefficient (Wildman–Crippen LogP) is 4.77. The molecule has 3 rings (SSSR count). The molecule has 5 nitrogen and oxygen atoms in total. The van der Waals surface area contributed by atoms with Crippen molar-refractivity contribution in [1.29, 1.82) is 0 Å². The van der Waals surface area contributed by atoms with Crippen LogP contribution in [0.1, 0.15) is 25.0 Å². The lowest BCUT2D eigenvalue weighted by Gasteiger charge is -2.30. The summed E-state index contributed by atoms with van der Waals surface area (Å²) in [6.07, 6.45) is 1.86. The maximum Gasteiger partial charge on any atom is 0.203 e. The molecule has 0 fully saturated rings. The van der Waals surface area contributed by atoms with Crippen LogP contribution in [0.25, 0.3) is 11.1 Å². The van der Waals surface area contributed by atoms with Crippen molar-refractivity contribution in [2.24, 2.45) is 11.8 Å². The number of hydrogen-bond donors (Lipinski definition) is 0. The maximum absolute atomic E-state index is 5.86. The van der Waals surface area contributed by atoms with Gasteiger partial charge in [0.2, 0.25) is 5.75 Å². The summed E-state index contributed by atoms with van der Waals surface area (Å²) in [7, 11) is 8.27. The van der Waals surface area contributed by atoms with Gasteiger partial charge < -0.3 is 23.7 Å². The Morgan fingerprint density at radius 2 is 1.14 bits per heavy atom. The van der Waals surface area contributed by atoms with Crippen LogP contribution in [0.4, 0.5) is 0 Å². The van der Waals surface area contributed by atoms with Gasteiger partial charge in [-0.05, 0) is 47.9 Å². The SMILES string of the molecule is COc1cc2c(c(OC)c1OC)-c1c(ccc(OC)c1OC)CC(C)C(C)C2. The summed E-state index contributed by atoms with van der Waals surface area (Å²) in [5, 5.41) is 0. The lowest BCUT2D eigenvalue weighted by molar-refractivity contribution is 0.322. The van der Waals surface area contributed by atoms with Gasteiger partial charge >= 0.3 is 0 Å². The Morgan fingerprint density at radius 3 is 1.68 bits per heavy atom. The predicted molar refractivity (Wildman–Crippen MR) is 110 cm³/mol. The number of hydrogen-bond acceptors (Lipinski definition) is 5. The largest absolute Gasteiger partial charge is 0.493 e. The van der Waals surface area contributed by atoms with E-state index < -0.39 is 0 Å². The van der Waals surface area contributed by atoms with Gasteiger partial charge in [0.1, 0.15) is 0 Å². The van der Waals surface area contributed by atoms with E-state index in [0.717, 1.165) is 29.5 Å². The van der Waals surface area contributed by atoms with Crippen molar-refractivity contribution in [1.82, 2.24) is 0 Å². The fourth-order valence-corrected chi connectivity index (χ4v) is 4.15. The molecule has 1 aliphatic carbocycles. The van der Waals surface area contributed by atoms with Crippen LogP contribution in [0, 0.1) is 11.8 Å².